The van der Waals surface area contributed by atoms with Crippen LogP contribution in [0.25, 0.3) is 0 Å². The van der Waals surface area contributed by atoms with E-state index in [0.717, 1.165) is 7.05 Å². The molecule has 112 valence electrons. The van der Waals surface area contributed by atoms with E-state index in [1.54, 1.807) is 24.3 Å². The Balaban J connectivity index is 2.21. The Labute approximate surface area is 118 Å². The van der Waals surface area contributed by atoms with Crippen LogP contribution < -0.4 is 10.1 Å². The van der Waals surface area contributed by atoms with E-state index in [2.05, 4.69) is 10.4 Å². The number of nitrogens with one attached hydrogen (secondary N) is 1. The van der Waals surface area contributed by atoms with Gasteiger partial charge in [-0.2, -0.15) is 18.3 Å². The van der Waals surface area contributed by atoms with Crippen LogP contribution in [0, 0.1) is 0 Å². The van der Waals surface area contributed by atoms with Crippen molar-refractivity contribution in [3.63, 3.8) is 0 Å². The van der Waals surface area contributed by atoms with Gasteiger partial charge in [-0.3, -0.25) is 9.48 Å². The summed E-state index contributed by atoms with van der Waals surface area (Å²) in [4.78, 5) is 11.9. The largest absolute Gasteiger partial charge is 0.497 e. The summed E-state index contributed by atoms with van der Waals surface area (Å²) in [7, 11) is 2.60. The lowest BCUT2D eigenvalue weighted by atomic mass is 10.2. The summed E-state index contributed by atoms with van der Waals surface area (Å²) >= 11 is 0. The molecule has 1 amide bonds. The van der Waals surface area contributed by atoms with Crippen LogP contribution in [0.5, 0.6) is 5.75 Å². The second-order valence-electron chi connectivity index (χ2n) is 4.22. The second-order valence-corrected chi connectivity index (χ2v) is 4.22. The Morgan fingerprint density at radius 2 is 2.05 bits per heavy atom. The second kappa shape index (κ2) is 5.47. The number of halogens is 3. The normalized spacial score (nSPS) is 11.3. The summed E-state index contributed by atoms with van der Waals surface area (Å²) < 4.78 is 43.5. The molecule has 1 heterocycles. The van der Waals surface area contributed by atoms with Crippen molar-refractivity contribution in [1.29, 1.82) is 0 Å². The zero-order valence-electron chi connectivity index (χ0n) is 11.2. The van der Waals surface area contributed by atoms with E-state index in [-0.39, 0.29) is 5.69 Å². The fourth-order valence-electron chi connectivity index (χ4n) is 1.74. The average Bonchev–Trinajstić information content (AvgIpc) is 2.81. The highest BCUT2D eigenvalue weighted by Gasteiger charge is 2.35. The molecule has 0 aliphatic heterocycles. The Morgan fingerprint density at radius 3 is 2.62 bits per heavy atom. The molecule has 1 aromatic heterocycles. The molecule has 0 fully saturated rings. The summed E-state index contributed by atoms with van der Waals surface area (Å²) in [6.45, 7) is 0. The smallest absolute Gasteiger partial charge is 0.433 e. The van der Waals surface area contributed by atoms with Gasteiger partial charge in [-0.1, -0.05) is 6.07 Å². The van der Waals surface area contributed by atoms with Crippen LogP contribution in [-0.4, -0.2) is 22.8 Å². The molecule has 0 radical (unpaired) electrons. The van der Waals surface area contributed by atoms with Crippen molar-refractivity contribution >= 4 is 11.6 Å². The third-order valence-electron chi connectivity index (χ3n) is 2.73. The van der Waals surface area contributed by atoms with Crippen molar-refractivity contribution in [3.8, 4) is 5.75 Å². The molecule has 0 unspecified atom stereocenters. The fourth-order valence-corrected chi connectivity index (χ4v) is 1.74. The number of ether oxygens (including phenoxy) is 1. The van der Waals surface area contributed by atoms with Crippen LogP contribution in [0.2, 0.25) is 0 Å². The maximum atomic E-state index is 12.6. The van der Waals surface area contributed by atoms with Gasteiger partial charge in [-0.25, -0.2) is 0 Å². The van der Waals surface area contributed by atoms with Gasteiger partial charge < -0.3 is 10.1 Å². The van der Waals surface area contributed by atoms with E-state index in [9.17, 15) is 18.0 Å². The Morgan fingerprint density at radius 1 is 1.33 bits per heavy atom. The monoisotopic (exact) mass is 299 g/mol. The van der Waals surface area contributed by atoms with Crippen molar-refractivity contribution in [3.05, 3.63) is 41.7 Å². The standard InChI is InChI=1S/C13H12F3N3O2/c1-19-11(13(14,15)16)7-10(18-19)12(20)17-8-4-3-5-9(6-8)21-2/h3-7H,1-2H3,(H,17,20). The summed E-state index contributed by atoms with van der Waals surface area (Å²) in [6, 6.07) is 7.17. The predicted molar refractivity (Wildman–Crippen MR) is 69.2 cm³/mol. The molecule has 1 aromatic carbocycles. The highest BCUT2D eigenvalue weighted by Crippen LogP contribution is 2.29. The molecule has 1 N–H and O–H groups in total. The lowest BCUT2D eigenvalue weighted by Crippen LogP contribution is -2.13. The molecule has 0 saturated heterocycles. The number of hydrogen-bond donors (Lipinski definition) is 1. The molecule has 0 saturated carbocycles. The number of methoxy groups -OCH3 is 1. The van der Waals surface area contributed by atoms with Crippen LogP contribution in [0.3, 0.4) is 0 Å². The number of hydrogen-bond acceptors (Lipinski definition) is 3. The number of anilines is 1. The Kier molecular flexibility index (Phi) is 3.88. The molecular formula is C13H12F3N3O2. The van der Waals surface area contributed by atoms with Gasteiger partial charge in [0.25, 0.3) is 5.91 Å². The molecule has 21 heavy (non-hydrogen) atoms. The highest BCUT2D eigenvalue weighted by atomic mass is 19.4. The predicted octanol–water partition coefficient (Wildman–Crippen LogP) is 2.70. The first kappa shape index (κ1) is 14.9. The number of alkyl halides is 3. The topological polar surface area (TPSA) is 56.1 Å². The van der Waals surface area contributed by atoms with E-state index >= 15 is 0 Å². The summed E-state index contributed by atoms with van der Waals surface area (Å²) in [5.74, 6) is -0.209. The first-order valence-corrected chi connectivity index (χ1v) is 5.88. The van der Waals surface area contributed by atoms with Crippen molar-refractivity contribution in [1.82, 2.24) is 9.78 Å². The van der Waals surface area contributed by atoms with Gasteiger partial charge in [0.05, 0.1) is 7.11 Å². The third kappa shape index (κ3) is 3.33. The molecule has 5 nitrogen and oxygen atoms in total. The fraction of sp³-hybridized carbons (Fsp3) is 0.231. The van der Waals surface area contributed by atoms with Gasteiger partial charge in [0, 0.05) is 24.9 Å². The van der Waals surface area contributed by atoms with Gasteiger partial charge in [-0.15, -0.1) is 0 Å². The lowest BCUT2D eigenvalue weighted by molar-refractivity contribution is -0.143. The van der Waals surface area contributed by atoms with Gasteiger partial charge in [0.1, 0.15) is 11.4 Å². The van der Waals surface area contributed by atoms with Crippen LogP contribution in [0.15, 0.2) is 30.3 Å². The van der Waals surface area contributed by atoms with Crippen LogP contribution >= 0.6 is 0 Å². The van der Waals surface area contributed by atoms with Gasteiger partial charge in [-0.05, 0) is 12.1 Å². The lowest BCUT2D eigenvalue weighted by Gasteiger charge is -2.05. The first-order valence-electron chi connectivity index (χ1n) is 5.88. The van der Waals surface area contributed by atoms with Crippen LogP contribution in [0.4, 0.5) is 18.9 Å². The Hall–Kier alpha value is -2.51. The molecular weight excluding hydrogens is 287 g/mol. The summed E-state index contributed by atoms with van der Waals surface area (Å²) in [5, 5.41) is 6.03. The first-order chi connectivity index (χ1) is 9.81. The SMILES string of the molecule is COc1cccc(NC(=O)c2cc(C(F)(F)F)n(C)n2)c1. The molecule has 2 aromatic rings. The van der Waals surface area contributed by atoms with E-state index in [0.29, 0.717) is 22.2 Å². The van der Waals surface area contributed by atoms with Crippen molar-refractivity contribution < 1.29 is 22.7 Å². The van der Waals surface area contributed by atoms with Crippen LogP contribution in [-0.2, 0) is 13.2 Å². The third-order valence-corrected chi connectivity index (χ3v) is 2.73. The number of carbonyl (C=O) groups excluding carboxylic acids is 1. The number of carbonyl (C=O) groups is 1. The molecule has 0 atom stereocenters. The zero-order valence-corrected chi connectivity index (χ0v) is 11.2. The molecule has 0 aliphatic rings. The molecule has 2 rings (SSSR count). The van der Waals surface area contributed by atoms with E-state index in [1.807, 2.05) is 0 Å². The maximum Gasteiger partial charge on any atom is 0.433 e. The minimum absolute atomic E-state index is 0.312. The molecule has 0 aliphatic carbocycles. The number of aromatic nitrogens is 2. The van der Waals surface area contributed by atoms with E-state index in [1.165, 1.54) is 7.11 Å². The molecule has 0 spiro atoms. The zero-order chi connectivity index (χ0) is 15.6. The summed E-state index contributed by atoms with van der Waals surface area (Å²) in [5.41, 5.74) is -0.899. The van der Waals surface area contributed by atoms with Crippen molar-refractivity contribution in [2.45, 2.75) is 6.18 Å². The molecule has 0 bridgehead atoms. The van der Waals surface area contributed by atoms with Crippen molar-refractivity contribution in [2.75, 3.05) is 12.4 Å². The van der Waals surface area contributed by atoms with E-state index in [4.69, 9.17) is 4.74 Å². The quantitative estimate of drug-likeness (QED) is 0.948. The Bertz CT molecular complexity index is 665. The van der Waals surface area contributed by atoms with Gasteiger partial charge >= 0.3 is 6.18 Å². The van der Waals surface area contributed by atoms with Gasteiger partial charge in [0.2, 0.25) is 0 Å². The minimum Gasteiger partial charge on any atom is -0.497 e. The number of amides is 1. The van der Waals surface area contributed by atoms with Crippen molar-refractivity contribution in [2.24, 2.45) is 7.05 Å². The van der Waals surface area contributed by atoms with Gasteiger partial charge in [0.15, 0.2) is 5.69 Å². The number of benzene rings is 1. The number of rotatable bonds is 3. The minimum atomic E-state index is -4.56. The van der Waals surface area contributed by atoms with Crippen LogP contribution in [0.1, 0.15) is 16.2 Å². The summed E-state index contributed by atoms with van der Waals surface area (Å²) in [6.07, 6.45) is -4.56. The molecule has 8 heteroatoms. The average molecular weight is 299 g/mol. The maximum absolute atomic E-state index is 12.6. The van der Waals surface area contributed by atoms with E-state index < -0.39 is 17.8 Å². The highest BCUT2D eigenvalue weighted by molar-refractivity contribution is 6.03. The number of aryl methyl sites for hydroxylation is 1. The number of nitrogens with zero attached hydrogens (tertiary/aromatic N) is 2.